The van der Waals surface area contributed by atoms with Crippen LogP contribution in [0.25, 0.3) is 0 Å². The minimum absolute atomic E-state index is 0.0577. The number of alkyl halides is 1. The van der Waals surface area contributed by atoms with E-state index in [-0.39, 0.29) is 18.4 Å². The lowest BCUT2D eigenvalue weighted by molar-refractivity contribution is -0.133. The van der Waals surface area contributed by atoms with Gasteiger partial charge in [-0.05, 0) is 42.3 Å². The molecule has 8 nitrogen and oxygen atoms in total. The Morgan fingerprint density at radius 2 is 1.91 bits per heavy atom. The van der Waals surface area contributed by atoms with Crippen LogP contribution in [0.15, 0.2) is 47.6 Å². The minimum Gasteiger partial charge on any atom is -0.493 e. The van der Waals surface area contributed by atoms with E-state index in [1.807, 2.05) is 6.92 Å². The molecule has 0 radical (unpaired) electrons. The first kappa shape index (κ1) is 23.5. The van der Waals surface area contributed by atoms with Crippen LogP contribution in [-0.2, 0) is 21.4 Å². The van der Waals surface area contributed by atoms with Gasteiger partial charge in [0.2, 0.25) is 22.8 Å². The van der Waals surface area contributed by atoms with E-state index in [1.54, 1.807) is 42.5 Å². The monoisotopic (exact) mass is 463 g/mol. The predicted molar refractivity (Wildman–Crippen MR) is 120 cm³/mol. The van der Waals surface area contributed by atoms with Gasteiger partial charge in [-0.3, -0.25) is 9.52 Å². The summed E-state index contributed by atoms with van der Waals surface area (Å²) in [5.41, 5.74) is 2.76. The molecular weight excluding hydrogens is 437 g/mol. The number of benzene rings is 2. The minimum atomic E-state index is -3.36. The maximum absolute atomic E-state index is 12.7. The highest BCUT2D eigenvalue weighted by molar-refractivity contribution is 7.92. The molecule has 1 N–H and O–H groups in total. The van der Waals surface area contributed by atoms with Crippen LogP contribution in [0.5, 0.6) is 11.5 Å². The van der Waals surface area contributed by atoms with Crippen molar-refractivity contribution in [3.8, 4) is 11.5 Å². The number of halogens is 1. The van der Waals surface area contributed by atoms with E-state index < -0.39 is 16.9 Å². The van der Waals surface area contributed by atoms with Crippen molar-refractivity contribution in [2.24, 2.45) is 11.0 Å². The number of nitrogens with one attached hydrogen (secondary N) is 1. The average Bonchev–Trinajstić information content (AvgIpc) is 2.75. The molecule has 0 fully saturated rings. The van der Waals surface area contributed by atoms with Gasteiger partial charge in [0.1, 0.15) is 0 Å². The molecule has 2 aromatic carbocycles. The Kier molecular flexibility index (Phi) is 7.34. The second-order valence-electron chi connectivity index (χ2n) is 7.44. The van der Waals surface area contributed by atoms with Crippen LogP contribution in [0.1, 0.15) is 30.9 Å². The van der Waals surface area contributed by atoms with E-state index in [0.717, 1.165) is 29.5 Å². The summed E-state index contributed by atoms with van der Waals surface area (Å²) >= 11 is 0. The van der Waals surface area contributed by atoms with E-state index in [0.29, 0.717) is 23.6 Å². The molecule has 0 aromatic heterocycles. The van der Waals surface area contributed by atoms with Gasteiger partial charge in [0.25, 0.3) is 0 Å². The second-order valence-corrected chi connectivity index (χ2v) is 9.18. The molecule has 0 bridgehead atoms. The molecule has 1 aliphatic heterocycles. The fourth-order valence-corrected chi connectivity index (χ4v) is 4.07. The van der Waals surface area contributed by atoms with Crippen LogP contribution < -0.4 is 14.2 Å². The van der Waals surface area contributed by atoms with Crippen molar-refractivity contribution in [2.75, 3.05) is 24.9 Å². The summed E-state index contributed by atoms with van der Waals surface area (Å²) in [6, 6.07) is 11.9. The third-order valence-corrected chi connectivity index (χ3v) is 5.68. The van der Waals surface area contributed by atoms with Gasteiger partial charge in [-0.25, -0.2) is 17.8 Å². The molecule has 2 aromatic rings. The number of nitrogens with zero attached hydrogens (tertiary/aromatic N) is 2. The van der Waals surface area contributed by atoms with E-state index in [1.165, 1.54) is 12.1 Å². The highest BCUT2D eigenvalue weighted by atomic mass is 32.2. The van der Waals surface area contributed by atoms with Gasteiger partial charge in [0, 0.05) is 23.6 Å². The number of hydrogen-bond donors (Lipinski definition) is 1. The molecule has 0 aliphatic carbocycles. The first-order chi connectivity index (χ1) is 15.2. The standard InChI is InChI=1S/C22H26FN3O5S/c1-4-16-12-21(27)26(13-15-5-8-18(9-6-15)25-32(3,28)29)24-22(16)17-7-10-19(31-14-23)20(11-17)30-2/h5-11,16,25H,4,12-14H2,1-3H3. The first-order valence-electron chi connectivity index (χ1n) is 10.1. The Morgan fingerprint density at radius 1 is 1.19 bits per heavy atom. The normalized spacial score (nSPS) is 16.5. The molecule has 1 aliphatic rings. The number of methoxy groups -OCH3 is 1. The summed E-state index contributed by atoms with van der Waals surface area (Å²) in [6.45, 7) is 1.28. The summed E-state index contributed by atoms with van der Waals surface area (Å²) in [5, 5.41) is 6.05. The Labute approximate surface area is 187 Å². The molecule has 0 saturated carbocycles. The highest BCUT2D eigenvalue weighted by Gasteiger charge is 2.29. The van der Waals surface area contributed by atoms with Crippen molar-refractivity contribution in [1.29, 1.82) is 0 Å². The number of sulfonamides is 1. The predicted octanol–water partition coefficient (Wildman–Crippen LogP) is 3.54. The fraction of sp³-hybridized carbons (Fsp3) is 0.364. The Morgan fingerprint density at radius 3 is 2.50 bits per heavy atom. The van der Waals surface area contributed by atoms with E-state index >= 15 is 0 Å². The second kappa shape index (κ2) is 9.99. The average molecular weight is 464 g/mol. The van der Waals surface area contributed by atoms with Crippen molar-refractivity contribution < 1.29 is 27.1 Å². The molecule has 0 saturated heterocycles. The van der Waals surface area contributed by atoms with Crippen molar-refractivity contribution in [2.45, 2.75) is 26.3 Å². The van der Waals surface area contributed by atoms with Crippen LogP contribution in [-0.4, -0.2) is 45.3 Å². The maximum atomic E-state index is 12.7. The SMILES string of the molecule is CCC1CC(=O)N(Cc2ccc(NS(C)(=O)=O)cc2)N=C1c1ccc(OCF)c(OC)c1. The van der Waals surface area contributed by atoms with E-state index in [4.69, 9.17) is 9.47 Å². The quantitative estimate of drug-likeness (QED) is 0.614. The van der Waals surface area contributed by atoms with Crippen LogP contribution in [0.3, 0.4) is 0 Å². The van der Waals surface area contributed by atoms with Crippen LogP contribution in [0.2, 0.25) is 0 Å². The number of rotatable bonds is 9. The van der Waals surface area contributed by atoms with Crippen molar-refractivity contribution in [3.05, 3.63) is 53.6 Å². The number of ether oxygens (including phenoxy) is 2. The van der Waals surface area contributed by atoms with E-state index in [2.05, 4.69) is 9.82 Å². The Bertz CT molecular complexity index is 1100. The highest BCUT2D eigenvalue weighted by Crippen LogP contribution is 2.32. The molecule has 0 spiro atoms. The van der Waals surface area contributed by atoms with Gasteiger partial charge in [0.15, 0.2) is 11.5 Å². The largest absolute Gasteiger partial charge is 0.493 e. The lowest BCUT2D eigenvalue weighted by Crippen LogP contribution is -2.36. The molecule has 1 unspecified atom stereocenters. The molecule has 32 heavy (non-hydrogen) atoms. The van der Waals surface area contributed by atoms with Crippen LogP contribution in [0.4, 0.5) is 10.1 Å². The van der Waals surface area contributed by atoms with Crippen molar-refractivity contribution >= 4 is 27.3 Å². The summed E-state index contributed by atoms with van der Waals surface area (Å²) in [4.78, 5) is 12.7. The van der Waals surface area contributed by atoms with Crippen LogP contribution in [0, 0.1) is 5.92 Å². The summed E-state index contributed by atoms with van der Waals surface area (Å²) in [5.74, 6) is 0.523. The van der Waals surface area contributed by atoms with Crippen molar-refractivity contribution in [3.63, 3.8) is 0 Å². The van der Waals surface area contributed by atoms with Crippen molar-refractivity contribution in [1.82, 2.24) is 5.01 Å². The first-order valence-corrected chi connectivity index (χ1v) is 12.0. The van der Waals surface area contributed by atoms with E-state index in [9.17, 15) is 17.6 Å². The third kappa shape index (κ3) is 5.76. The molecule has 10 heteroatoms. The third-order valence-electron chi connectivity index (χ3n) is 5.08. The number of hydrogen-bond acceptors (Lipinski definition) is 6. The number of carbonyl (C=O) groups excluding carboxylic acids is 1. The zero-order valence-corrected chi connectivity index (χ0v) is 19.0. The lowest BCUT2D eigenvalue weighted by atomic mass is 9.89. The molecular formula is C22H26FN3O5S. The van der Waals surface area contributed by atoms with Gasteiger partial charge in [-0.15, -0.1) is 0 Å². The van der Waals surface area contributed by atoms with Gasteiger partial charge in [0.05, 0.1) is 25.6 Å². The number of hydrazone groups is 1. The van der Waals surface area contributed by atoms with Gasteiger partial charge < -0.3 is 9.47 Å². The molecule has 1 atom stereocenters. The zero-order valence-electron chi connectivity index (χ0n) is 18.2. The number of amides is 1. The molecule has 1 heterocycles. The van der Waals surface area contributed by atoms with Crippen LogP contribution >= 0.6 is 0 Å². The fourth-order valence-electron chi connectivity index (χ4n) is 3.51. The lowest BCUT2D eigenvalue weighted by Gasteiger charge is -2.29. The Hall–Kier alpha value is -3.14. The van der Waals surface area contributed by atoms with Gasteiger partial charge in [-0.2, -0.15) is 5.10 Å². The molecule has 1 amide bonds. The number of carbonyl (C=O) groups is 1. The Balaban J connectivity index is 1.87. The summed E-state index contributed by atoms with van der Waals surface area (Å²) in [6.07, 6.45) is 2.13. The maximum Gasteiger partial charge on any atom is 0.243 e. The number of anilines is 1. The zero-order chi connectivity index (χ0) is 23.3. The topological polar surface area (TPSA) is 97.3 Å². The van der Waals surface area contributed by atoms with Gasteiger partial charge in [-0.1, -0.05) is 19.1 Å². The summed E-state index contributed by atoms with van der Waals surface area (Å²) in [7, 11) is -1.89. The molecule has 3 rings (SSSR count). The summed E-state index contributed by atoms with van der Waals surface area (Å²) < 4.78 is 48.0. The molecule has 172 valence electrons. The smallest absolute Gasteiger partial charge is 0.243 e. The van der Waals surface area contributed by atoms with Gasteiger partial charge >= 0.3 is 0 Å².